The van der Waals surface area contributed by atoms with E-state index in [0.29, 0.717) is 24.9 Å². The number of piperidine rings is 1. The van der Waals surface area contributed by atoms with E-state index in [9.17, 15) is 4.79 Å². The fraction of sp³-hybridized carbons (Fsp3) is 0.625. The molecule has 2 aromatic heterocycles. The molecule has 132 valence electrons. The smallest absolute Gasteiger partial charge is 0.316 e. The molecule has 0 aliphatic carbocycles. The fourth-order valence-electron chi connectivity index (χ4n) is 3.50. The van der Waals surface area contributed by atoms with Crippen LogP contribution >= 0.6 is 0 Å². The molecule has 1 atom stereocenters. The van der Waals surface area contributed by atoms with E-state index < -0.39 is 0 Å². The first-order valence-corrected chi connectivity index (χ1v) is 8.80. The number of nitrogens with zero attached hydrogens (tertiary/aromatic N) is 7. The average molecular weight is 343 g/mol. The maximum absolute atomic E-state index is 13.0. The van der Waals surface area contributed by atoms with E-state index in [1.807, 2.05) is 4.90 Å². The molecule has 2 aromatic rings. The van der Waals surface area contributed by atoms with E-state index >= 15 is 0 Å². The molecule has 1 amide bonds. The molecule has 1 fully saturated rings. The molecule has 4 rings (SSSR count). The standard InChI is InChI=1S/C16H21N7O2/c24-15(13-4-1-2-9-23-14(13)19-20-21-23)22-10-5-12(6-11-22)25-16-17-7-3-8-18-16/h3,7-8,12-13H,1-2,4-6,9-11H2/t13-/m0/s1. The second kappa shape index (κ2) is 7.12. The highest BCUT2D eigenvalue weighted by Gasteiger charge is 2.34. The van der Waals surface area contributed by atoms with Crippen LogP contribution < -0.4 is 4.74 Å². The Morgan fingerprint density at radius 1 is 1.08 bits per heavy atom. The van der Waals surface area contributed by atoms with Gasteiger partial charge in [-0.3, -0.25) is 4.79 Å². The zero-order valence-corrected chi connectivity index (χ0v) is 14.0. The van der Waals surface area contributed by atoms with Crippen LogP contribution in [0.1, 0.15) is 43.8 Å². The van der Waals surface area contributed by atoms with Crippen LogP contribution in [0.2, 0.25) is 0 Å². The molecule has 0 radical (unpaired) electrons. The van der Waals surface area contributed by atoms with Gasteiger partial charge in [0.2, 0.25) is 5.91 Å². The number of aromatic nitrogens is 6. The lowest BCUT2D eigenvalue weighted by atomic mass is 9.98. The van der Waals surface area contributed by atoms with Crippen LogP contribution in [0.5, 0.6) is 6.01 Å². The van der Waals surface area contributed by atoms with Crippen molar-refractivity contribution in [2.24, 2.45) is 0 Å². The summed E-state index contributed by atoms with van der Waals surface area (Å²) in [6, 6.07) is 2.16. The number of tetrazole rings is 1. The van der Waals surface area contributed by atoms with E-state index in [0.717, 1.165) is 38.6 Å². The topological polar surface area (TPSA) is 98.9 Å². The second-order valence-corrected chi connectivity index (χ2v) is 6.48. The Morgan fingerprint density at radius 2 is 1.88 bits per heavy atom. The van der Waals surface area contributed by atoms with Gasteiger partial charge < -0.3 is 9.64 Å². The van der Waals surface area contributed by atoms with Gasteiger partial charge in [-0.2, -0.15) is 0 Å². The SMILES string of the molecule is O=C([C@H]1CCCCn2nnnc21)N1CCC(Oc2ncccn2)CC1. The van der Waals surface area contributed by atoms with Crippen molar-refractivity contribution >= 4 is 5.91 Å². The van der Waals surface area contributed by atoms with Gasteiger partial charge in [0.1, 0.15) is 6.10 Å². The predicted molar refractivity (Wildman–Crippen MR) is 86.7 cm³/mol. The minimum absolute atomic E-state index is 0.0471. The monoisotopic (exact) mass is 343 g/mol. The van der Waals surface area contributed by atoms with Crippen molar-refractivity contribution in [1.82, 2.24) is 35.1 Å². The Labute approximate surface area is 145 Å². The van der Waals surface area contributed by atoms with Crippen LogP contribution in [-0.4, -0.2) is 60.2 Å². The highest BCUT2D eigenvalue weighted by Crippen LogP contribution is 2.27. The second-order valence-electron chi connectivity index (χ2n) is 6.48. The lowest BCUT2D eigenvalue weighted by Crippen LogP contribution is -2.44. The van der Waals surface area contributed by atoms with Gasteiger partial charge in [-0.25, -0.2) is 14.6 Å². The predicted octanol–water partition coefficient (Wildman–Crippen LogP) is 0.801. The summed E-state index contributed by atoms with van der Waals surface area (Å²) in [7, 11) is 0. The van der Waals surface area contributed by atoms with Crippen LogP contribution in [0, 0.1) is 0 Å². The van der Waals surface area contributed by atoms with E-state index in [4.69, 9.17) is 4.74 Å². The molecule has 25 heavy (non-hydrogen) atoms. The summed E-state index contributed by atoms with van der Waals surface area (Å²) in [4.78, 5) is 23.1. The van der Waals surface area contributed by atoms with Crippen molar-refractivity contribution in [1.29, 1.82) is 0 Å². The summed E-state index contributed by atoms with van der Waals surface area (Å²) in [5.74, 6) is 0.610. The van der Waals surface area contributed by atoms with Crippen molar-refractivity contribution in [3.8, 4) is 6.01 Å². The van der Waals surface area contributed by atoms with Gasteiger partial charge in [0.05, 0.1) is 5.92 Å². The number of fused-ring (bicyclic) bond motifs is 1. The quantitative estimate of drug-likeness (QED) is 0.813. The largest absolute Gasteiger partial charge is 0.460 e. The summed E-state index contributed by atoms with van der Waals surface area (Å²) in [5.41, 5.74) is 0. The third-order valence-electron chi connectivity index (χ3n) is 4.85. The highest BCUT2D eigenvalue weighted by molar-refractivity contribution is 5.83. The minimum atomic E-state index is -0.229. The zero-order chi connectivity index (χ0) is 17.1. The molecule has 0 saturated carbocycles. The van der Waals surface area contributed by atoms with E-state index in [-0.39, 0.29) is 17.9 Å². The Kier molecular flexibility index (Phi) is 4.53. The van der Waals surface area contributed by atoms with Gasteiger partial charge in [-0.1, -0.05) is 6.42 Å². The number of hydrogen-bond acceptors (Lipinski definition) is 7. The number of carbonyl (C=O) groups is 1. The third-order valence-corrected chi connectivity index (χ3v) is 4.85. The van der Waals surface area contributed by atoms with Crippen LogP contribution in [0.3, 0.4) is 0 Å². The summed E-state index contributed by atoms with van der Waals surface area (Å²) in [5, 5.41) is 11.8. The van der Waals surface area contributed by atoms with Crippen LogP contribution in [0.25, 0.3) is 0 Å². The van der Waals surface area contributed by atoms with Crippen molar-refractivity contribution in [2.45, 2.75) is 50.7 Å². The third kappa shape index (κ3) is 3.45. The molecule has 0 aromatic carbocycles. The molecule has 9 heteroatoms. The van der Waals surface area contributed by atoms with Gasteiger partial charge in [-0.05, 0) is 29.3 Å². The first kappa shape index (κ1) is 15.9. The molecule has 2 aliphatic heterocycles. The number of likely N-dealkylation sites (tertiary alicyclic amines) is 1. The fourth-order valence-corrected chi connectivity index (χ4v) is 3.50. The summed E-state index contributed by atoms with van der Waals surface area (Å²) in [6.45, 7) is 2.14. The van der Waals surface area contributed by atoms with Gasteiger partial charge >= 0.3 is 6.01 Å². The van der Waals surface area contributed by atoms with Gasteiger partial charge in [0.25, 0.3) is 0 Å². The van der Waals surface area contributed by atoms with E-state index in [2.05, 4.69) is 25.5 Å². The number of carbonyl (C=O) groups excluding carboxylic acids is 1. The lowest BCUT2D eigenvalue weighted by Gasteiger charge is -2.33. The van der Waals surface area contributed by atoms with Gasteiger partial charge in [0.15, 0.2) is 5.82 Å². The van der Waals surface area contributed by atoms with E-state index in [1.165, 1.54) is 0 Å². The van der Waals surface area contributed by atoms with Gasteiger partial charge in [0, 0.05) is 44.9 Å². The molecular weight excluding hydrogens is 322 g/mol. The van der Waals surface area contributed by atoms with Crippen molar-refractivity contribution in [2.75, 3.05) is 13.1 Å². The maximum atomic E-state index is 13.0. The molecule has 2 aliphatic rings. The summed E-state index contributed by atoms with van der Waals surface area (Å²) < 4.78 is 7.57. The Balaban J connectivity index is 1.37. The Hall–Kier alpha value is -2.58. The lowest BCUT2D eigenvalue weighted by molar-refractivity contribution is -0.135. The molecule has 9 nitrogen and oxygen atoms in total. The minimum Gasteiger partial charge on any atom is -0.460 e. The molecule has 0 N–H and O–H groups in total. The Morgan fingerprint density at radius 3 is 2.68 bits per heavy atom. The zero-order valence-electron chi connectivity index (χ0n) is 14.0. The normalized spacial score (nSPS) is 21.4. The van der Waals surface area contributed by atoms with E-state index in [1.54, 1.807) is 23.1 Å². The summed E-state index contributed by atoms with van der Waals surface area (Å²) in [6.07, 6.45) is 7.76. The van der Waals surface area contributed by atoms with Crippen LogP contribution in [-0.2, 0) is 11.3 Å². The number of rotatable bonds is 3. The maximum Gasteiger partial charge on any atom is 0.316 e. The first-order valence-electron chi connectivity index (χ1n) is 8.80. The van der Waals surface area contributed by atoms with Crippen LogP contribution in [0.15, 0.2) is 18.5 Å². The first-order chi connectivity index (χ1) is 12.3. The van der Waals surface area contributed by atoms with Crippen LogP contribution in [0.4, 0.5) is 0 Å². The number of amides is 1. The van der Waals surface area contributed by atoms with Crippen molar-refractivity contribution in [3.63, 3.8) is 0 Å². The molecule has 4 heterocycles. The highest BCUT2D eigenvalue weighted by atomic mass is 16.5. The molecule has 0 unspecified atom stereocenters. The average Bonchev–Trinajstić information content (AvgIpc) is 3.02. The number of hydrogen-bond donors (Lipinski definition) is 0. The number of ether oxygens (including phenoxy) is 1. The van der Waals surface area contributed by atoms with Crippen molar-refractivity contribution in [3.05, 3.63) is 24.3 Å². The molecular formula is C16H21N7O2. The molecule has 0 bridgehead atoms. The summed E-state index contributed by atoms with van der Waals surface area (Å²) >= 11 is 0. The number of aryl methyl sites for hydroxylation is 1. The molecule has 1 saturated heterocycles. The molecule has 0 spiro atoms. The van der Waals surface area contributed by atoms with Crippen molar-refractivity contribution < 1.29 is 9.53 Å². The Bertz CT molecular complexity index is 712. The van der Waals surface area contributed by atoms with Gasteiger partial charge in [-0.15, -0.1) is 5.10 Å².